The van der Waals surface area contributed by atoms with Crippen LogP contribution in [0.25, 0.3) is 33.2 Å². The Morgan fingerprint density at radius 3 is 1.68 bits per heavy atom. The summed E-state index contributed by atoms with van der Waals surface area (Å²) in [5.74, 6) is 0.528. The molecule has 0 aliphatic carbocycles. The Hall–Kier alpha value is -5.10. The second kappa shape index (κ2) is 11.3. The Morgan fingerprint density at radius 1 is 0.525 bits per heavy atom. The highest BCUT2D eigenvalue weighted by Gasteiger charge is 2.16. The number of benzene rings is 5. The lowest BCUT2D eigenvalue weighted by molar-refractivity contribution is 0.627. The Kier molecular flexibility index (Phi) is 7.14. The lowest BCUT2D eigenvalue weighted by atomic mass is 9.95. The lowest BCUT2D eigenvalue weighted by Gasteiger charge is -2.16. The molecule has 40 heavy (non-hydrogen) atoms. The van der Waals surface area contributed by atoms with Crippen LogP contribution in [-0.4, -0.2) is 9.97 Å². The van der Waals surface area contributed by atoms with E-state index in [1.54, 1.807) is 24.3 Å². The van der Waals surface area contributed by atoms with Gasteiger partial charge in [0.25, 0.3) is 0 Å². The van der Waals surface area contributed by atoms with Gasteiger partial charge in [-0.3, -0.25) is 0 Å². The molecule has 0 radical (unpaired) electrons. The van der Waals surface area contributed by atoms with Crippen LogP contribution in [0.4, 0.5) is 20.5 Å². The van der Waals surface area contributed by atoms with Gasteiger partial charge in [0, 0.05) is 24.0 Å². The van der Waals surface area contributed by atoms with Gasteiger partial charge in [-0.15, -0.1) is 0 Å². The summed E-state index contributed by atoms with van der Waals surface area (Å²) >= 11 is 0. The quantitative estimate of drug-likeness (QED) is 0.208. The van der Waals surface area contributed by atoms with E-state index >= 15 is 0 Å². The molecule has 196 valence electrons. The third kappa shape index (κ3) is 5.66. The van der Waals surface area contributed by atoms with E-state index in [1.165, 1.54) is 24.3 Å². The Bertz CT molecular complexity index is 1740. The maximum absolute atomic E-state index is 13.9. The zero-order valence-electron chi connectivity index (χ0n) is 21.6. The number of nitrogens with one attached hydrogen (secondary N) is 2. The van der Waals surface area contributed by atoms with Crippen LogP contribution in [0.15, 0.2) is 121 Å². The zero-order valence-corrected chi connectivity index (χ0v) is 21.6. The third-order valence-corrected chi connectivity index (χ3v) is 6.73. The fraction of sp³-hybridized carbons (Fsp3) is 0.0588. The number of anilines is 2. The molecule has 5 aromatic carbocycles. The highest BCUT2D eigenvalue weighted by molar-refractivity contribution is 6.03. The van der Waals surface area contributed by atoms with Gasteiger partial charge < -0.3 is 10.6 Å². The molecule has 4 nitrogen and oxygen atoms in total. The van der Waals surface area contributed by atoms with E-state index < -0.39 is 0 Å². The summed E-state index contributed by atoms with van der Waals surface area (Å²) in [6.45, 7) is 1.13. The molecule has 0 amide bonds. The number of aromatic nitrogens is 2. The molecule has 0 atom stereocenters. The van der Waals surface area contributed by atoms with E-state index in [-0.39, 0.29) is 11.6 Å². The first-order valence-electron chi connectivity index (χ1n) is 13.1. The molecule has 0 bridgehead atoms. The third-order valence-electron chi connectivity index (χ3n) is 6.73. The fourth-order valence-corrected chi connectivity index (χ4v) is 4.66. The van der Waals surface area contributed by atoms with E-state index in [0.29, 0.717) is 24.9 Å². The van der Waals surface area contributed by atoms with Crippen molar-refractivity contribution in [2.45, 2.75) is 13.1 Å². The predicted octanol–water partition coefficient (Wildman–Crippen LogP) is 8.47. The van der Waals surface area contributed by atoms with Gasteiger partial charge in [-0.1, -0.05) is 84.9 Å². The minimum Gasteiger partial charge on any atom is -0.365 e. The van der Waals surface area contributed by atoms with Gasteiger partial charge in [0.2, 0.25) is 5.95 Å². The predicted molar refractivity (Wildman–Crippen MR) is 158 cm³/mol. The number of nitrogens with zero attached hydrogens (tertiary/aromatic N) is 2. The first kappa shape index (κ1) is 25.2. The summed E-state index contributed by atoms with van der Waals surface area (Å²) in [5, 5.41) is 7.68. The minimum absolute atomic E-state index is 0.300. The standard InChI is InChI=1S/C34H26F2N4/c35-28-15-11-25(12-16-28)27-19-30(26-13-17-29(36)18-14-26)32-31(20-27)33(37-21-23-7-3-1-4-8-23)40-34(39-32)38-22-24-9-5-2-6-10-24/h1-20H,21-22H2,(H2,37,38,39,40). The molecule has 0 saturated carbocycles. The highest BCUT2D eigenvalue weighted by atomic mass is 19.1. The number of hydrogen-bond donors (Lipinski definition) is 2. The van der Waals surface area contributed by atoms with Crippen molar-refractivity contribution in [3.8, 4) is 22.3 Å². The molecule has 6 aromatic rings. The first-order chi connectivity index (χ1) is 19.6. The van der Waals surface area contributed by atoms with Crippen molar-refractivity contribution in [2.75, 3.05) is 10.6 Å². The highest BCUT2D eigenvalue weighted by Crippen LogP contribution is 2.37. The van der Waals surface area contributed by atoms with Crippen molar-refractivity contribution in [2.24, 2.45) is 0 Å². The summed E-state index contributed by atoms with van der Waals surface area (Å²) in [7, 11) is 0. The van der Waals surface area contributed by atoms with Crippen molar-refractivity contribution >= 4 is 22.7 Å². The first-order valence-corrected chi connectivity index (χ1v) is 13.1. The second-order valence-electron chi connectivity index (χ2n) is 9.51. The van der Waals surface area contributed by atoms with Crippen LogP contribution < -0.4 is 10.6 Å². The summed E-state index contributed by atoms with van der Waals surface area (Å²) < 4.78 is 27.6. The van der Waals surface area contributed by atoms with E-state index in [2.05, 4.69) is 22.8 Å². The number of fused-ring (bicyclic) bond motifs is 1. The number of halogens is 2. The minimum atomic E-state index is -0.312. The molecule has 6 heteroatoms. The van der Waals surface area contributed by atoms with Gasteiger partial charge in [-0.05, 0) is 64.2 Å². The summed E-state index contributed by atoms with van der Waals surface area (Å²) in [4.78, 5) is 9.81. The van der Waals surface area contributed by atoms with Crippen LogP contribution in [-0.2, 0) is 13.1 Å². The summed E-state index contributed by atoms with van der Waals surface area (Å²) in [6, 6.07) is 36.9. The molecule has 6 rings (SSSR count). The average Bonchev–Trinajstić information content (AvgIpc) is 3.00. The zero-order chi connectivity index (χ0) is 27.3. The smallest absolute Gasteiger partial charge is 0.225 e. The van der Waals surface area contributed by atoms with Gasteiger partial charge in [-0.25, -0.2) is 13.8 Å². The molecule has 1 heterocycles. The molecule has 0 fully saturated rings. The fourth-order valence-electron chi connectivity index (χ4n) is 4.66. The van der Waals surface area contributed by atoms with Crippen LogP contribution >= 0.6 is 0 Å². The summed E-state index contributed by atoms with van der Waals surface area (Å²) in [6.07, 6.45) is 0. The van der Waals surface area contributed by atoms with Crippen LogP contribution in [0, 0.1) is 11.6 Å². The molecule has 0 aliphatic heterocycles. The van der Waals surface area contributed by atoms with Crippen LogP contribution in [0.1, 0.15) is 11.1 Å². The maximum Gasteiger partial charge on any atom is 0.225 e. The molecule has 0 aliphatic rings. The van der Waals surface area contributed by atoms with Gasteiger partial charge in [0.15, 0.2) is 0 Å². The van der Waals surface area contributed by atoms with E-state index in [0.717, 1.165) is 44.3 Å². The summed E-state index contributed by atoms with van der Waals surface area (Å²) in [5.41, 5.74) is 6.31. The van der Waals surface area contributed by atoms with Crippen LogP contribution in [0.2, 0.25) is 0 Å². The number of hydrogen-bond acceptors (Lipinski definition) is 4. The molecule has 0 unspecified atom stereocenters. The Morgan fingerprint density at radius 2 is 1.07 bits per heavy atom. The second-order valence-corrected chi connectivity index (χ2v) is 9.51. The van der Waals surface area contributed by atoms with Gasteiger partial charge >= 0.3 is 0 Å². The van der Waals surface area contributed by atoms with Gasteiger partial charge in [0.05, 0.1) is 5.52 Å². The Balaban J connectivity index is 1.51. The maximum atomic E-state index is 13.9. The van der Waals surface area contributed by atoms with Crippen molar-refractivity contribution in [3.05, 3.63) is 144 Å². The molecule has 0 spiro atoms. The van der Waals surface area contributed by atoms with Crippen molar-refractivity contribution in [3.63, 3.8) is 0 Å². The van der Waals surface area contributed by atoms with Gasteiger partial charge in [0.1, 0.15) is 17.5 Å². The van der Waals surface area contributed by atoms with Crippen LogP contribution in [0.5, 0.6) is 0 Å². The average molecular weight is 529 g/mol. The van der Waals surface area contributed by atoms with Crippen molar-refractivity contribution < 1.29 is 8.78 Å². The van der Waals surface area contributed by atoms with Crippen LogP contribution in [0.3, 0.4) is 0 Å². The van der Waals surface area contributed by atoms with E-state index in [4.69, 9.17) is 9.97 Å². The monoisotopic (exact) mass is 528 g/mol. The van der Waals surface area contributed by atoms with Crippen molar-refractivity contribution in [1.82, 2.24) is 9.97 Å². The normalized spacial score (nSPS) is 10.9. The van der Waals surface area contributed by atoms with E-state index in [9.17, 15) is 8.78 Å². The molecule has 0 saturated heterocycles. The Labute approximate surface area is 231 Å². The molecule has 2 N–H and O–H groups in total. The largest absolute Gasteiger partial charge is 0.365 e. The van der Waals surface area contributed by atoms with E-state index in [1.807, 2.05) is 60.7 Å². The molecular formula is C34H26F2N4. The topological polar surface area (TPSA) is 49.8 Å². The molecular weight excluding hydrogens is 502 g/mol. The van der Waals surface area contributed by atoms with Crippen molar-refractivity contribution in [1.29, 1.82) is 0 Å². The SMILES string of the molecule is Fc1ccc(-c2cc(-c3ccc(F)cc3)c3nc(NCc4ccccc4)nc(NCc4ccccc4)c3c2)cc1. The van der Waals surface area contributed by atoms with Gasteiger partial charge in [-0.2, -0.15) is 4.98 Å². The number of rotatable bonds is 8. The molecule has 1 aromatic heterocycles. The lowest BCUT2D eigenvalue weighted by Crippen LogP contribution is -2.08.